The summed E-state index contributed by atoms with van der Waals surface area (Å²) < 4.78 is 0. The zero-order valence-corrected chi connectivity index (χ0v) is 18.6. The lowest BCUT2D eigenvalue weighted by molar-refractivity contribution is -0.122. The maximum atomic E-state index is 13.0. The number of piperazine rings is 1. The minimum absolute atomic E-state index is 0.0388. The molecule has 2 aliphatic heterocycles. The molecule has 2 unspecified atom stereocenters. The van der Waals surface area contributed by atoms with Gasteiger partial charge in [0.25, 0.3) is 5.91 Å². The fraction of sp³-hybridized carbons (Fsp3) is 0.400. The molecule has 32 heavy (non-hydrogen) atoms. The van der Waals surface area contributed by atoms with Gasteiger partial charge < -0.3 is 9.80 Å². The predicted octanol–water partition coefficient (Wildman–Crippen LogP) is 3.98. The van der Waals surface area contributed by atoms with Gasteiger partial charge in [-0.25, -0.2) is 0 Å². The van der Waals surface area contributed by atoms with Crippen LogP contribution in [0.3, 0.4) is 0 Å². The van der Waals surface area contributed by atoms with Gasteiger partial charge in [-0.2, -0.15) is 0 Å². The third-order valence-electron chi connectivity index (χ3n) is 6.97. The maximum absolute atomic E-state index is 13.0. The van der Waals surface area contributed by atoms with Crippen molar-refractivity contribution in [2.45, 2.75) is 25.7 Å². The van der Waals surface area contributed by atoms with E-state index in [-0.39, 0.29) is 29.6 Å². The molecule has 2 aromatic rings. The van der Waals surface area contributed by atoms with E-state index in [0.717, 1.165) is 31.4 Å². The Labute approximate surface area is 192 Å². The molecule has 0 aromatic heterocycles. The summed E-state index contributed by atoms with van der Waals surface area (Å²) in [5, 5.41) is 0.716. The third-order valence-corrected chi connectivity index (χ3v) is 7.29. The molecule has 0 N–H and O–H groups in total. The van der Waals surface area contributed by atoms with Crippen LogP contribution in [-0.4, -0.2) is 48.8 Å². The third kappa shape index (κ3) is 3.66. The summed E-state index contributed by atoms with van der Waals surface area (Å²) >= 11 is 6.31. The van der Waals surface area contributed by atoms with Crippen molar-refractivity contribution in [3.05, 3.63) is 59.1 Å². The van der Waals surface area contributed by atoms with E-state index in [9.17, 15) is 14.4 Å². The highest BCUT2D eigenvalue weighted by atomic mass is 35.5. The summed E-state index contributed by atoms with van der Waals surface area (Å²) in [5.41, 5.74) is 2.12. The molecule has 5 rings (SSSR count). The topological polar surface area (TPSA) is 60.9 Å². The molecule has 2 aromatic carbocycles. The van der Waals surface area contributed by atoms with Gasteiger partial charge in [-0.3, -0.25) is 19.3 Å². The largest absolute Gasteiger partial charge is 0.367 e. The van der Waals surface area contributed by atoms with Crippen molar-refractivity contribution in [3.63, 3.8) is 0 Å². The molecular formula is C25H26ClN3O3. The second-order valence-electron chi connectivity index (χ2n) is 8.79. The first-order valence-electron chi connectivity index (χ1n) is 11.3. The minimum atomic E-state index is -0.174. The number of fused-ring (bicyclic) bond motifs is 1. The molecule has 2 heterocycles. The van der Waals surface area contributed by atoms with Gasteiger partial charge in [0.15, 0.2) is 0 Å². The standard InChI is InChI=1S/C25H26ClN3O3/c26-21-7-3-4-8-22(21)27-13-15-28(16-14-27)23(30)17-9-11-18(12-10-17)29-24(31)19-5-1-2-6-20(19)25(29)32/h3-4,7-12,19-20H,1-2,5-6,13-16H2. The Morgan fingerprint density at radius 1 is 0.812 bits per heavy atom. The number of halogens is 1. The number of hydrogen-bond donors (Lipinski definition) is 0. The smallest absolute Gasteiger partial charge is 0.253 e. The van der Waals surface area contributed by atoms with E-state index in [0.29, 0.717) is 42.5 Å². The van der Waals surface area contributed by atoms with Crippen LogP contribution in [-0.2, 0) is 9.59 Å². The Balaban J connectivity index is 1.25. The Bertz CT molecular complexity index is 1020. The second-order valence-corrected chi connectivity index (χ2v) is 9.19. The Morgan fingerprint density at radius 2 is 1.41 bits per heavy atom. The van der Waals surface area contributed by atoms with Crippen LogP contribution in [0.25, 0.3) is 0 Å². The molecule has 2 saturated heterocycles. The lowest BCUT2D eigenvalue weighted by Gasteiger charge is -2.36. The summed E-state index contributed by atoms with van der Waals surface area (Å²) in [7, 11) is 0. The second kappa shape index (κ2) is 8.58. The quantitative estimate of drug-likeness (QED) is 0.662. The number of benzene rings is 2. The lowest BCUT2D eigenvalue weighted by Crippen LogP contribution is -2.48. The van der Waals surface area contributed by atoms with Gasteiger partial charge in [0.05, 0.1) is 28.2 Å². The molecule has 0 bridgehead atoms. The number of hydrogen-bond acceptors (Lipinski definition) is 4. The first kappa shape index (κ1) is 21.0. The van der Waals surface area contributed by atoms with Crippen molar-refractivity contribution in [1.29, 1.82) is 0 Å². The fourth-order valence-electron chi connectivity index (χ4n) is 5.21. The van der Waals surface area contributed by atoms with Gasteiger partial charge in [0.1, 0.15) is 0 Å². The molecule has 6 nitrogen and oxygen atoms in total. The van der Waals surface area contributed by atoms with E-state index in [2.05, 4.69) is 4.90 Å². The van der Waals surface area contributed by atoms with Gasteiger partial charge in [-0.15, -0.1) is 0 Å². The monoisotopic (exact) mass is 451 g/mol. The van der Waals surface area contributed by atoms with Crippen LogP contribution in [0.5, 0.6) is 0 Å². The van der Waals surface area contributed by atoms with Crippen LogP contribution in [0.2, 0.25) is 5.02 Å². The predicted molar refractivity (Wildman–Crippen MR) is 124 cm³/mol. The number of carbonyl (C=O) groups excluding carboxylic acids is 3. The maximum Gasteiger partial charge on any atom is 0.253 e. The number of anilines is 2. The summed E-state index contributed by atoms with van der Waals surface area (Å²) in [6.07, 6.45) is 3.60. The average Bonchev–Trinajstić information content (AvgIpc) is 3.09. The molecule has 2 atom stereocenters. The van der Waals surface area contributed by atoms with Gasteiger partial charge in [-0.1, -0.05) is 36.6 Å². The number of imide groups is 1. The number of nitrogens with zero attached hydrogens (tertiary/aromatic N) is 3. The highest BCUT2D eigenvalue weighted by Gasteiger charge is 2.48. The van der Waals surface area contributed by atoms with E-state index in [1.807, 2.05) is 29.2 Å². The molecule has 3 aliphatic rings. The molecule has 1 aliphatic carbocycles. The normalized spacial score (nSPS) is 23.5. The van der Waals surface area contributed by atoms with E-state index in [1.165, 1.54) is 4.90 Å². The van der Waals surface area contributed by atoms with Crippen molar-refractivity contribution in [3.8, 4) is 0 Å². The Hall–Kier alpha value is -2.86. The highest BCUT2D eigenvalue weighted by molar-refractivity contribution is 6.33. The van der Waals surface area contributed by atoms with Crippen LogP contribution in [0.4, 0.5) is 11.4 Å². The van der Waals surface area contributed by atoms with Crippen LogP contribution >= 0.6 is 11.6 Å². The van der Waals surface area contributed by atoms with Crippen molar-refractivity contribution < 1.29 is 14.4 Å². The van der Waals surface area contributed by atoms with Gasteiger partial charge >= 0.3 is 0 Å². The molecule has 7 heteroatoms. The number of amides is 3. The van der Waals surface area contributed by atoms with Crippen molar-refractivity contribution in [2.75, 3.05) is 36.0 Å². The summed E-state index contributed by atoms with van der Waals surface area (Å²) in [6, 6.07) is 14.6. The van der Waals surface area contributed by atoms with E-state index in [1.54, 1.807) is 24.3 Å². The van der Waals surface area contributed by atoms with Crippen LogP contribution < -0.4 is 9.80 Å². The van der Waals surface area contributed by atoms with Crippen LogP contribution in [0.1, 0.15) is 36.0 Å². The Kier molecular flexibility index (Phi) is 5.64. The first-order valence-corrected chi connectivity index (χ1v) is 11.7. The molecule has 0 radical (unpaired) electrons. The molecule has 3 fully saturated rings. The van der Waals surface area contributed by atoms with Gasteiger partial charge in [-0.05, 0) is 49.2 Å². The molecule has 0 spiro atoms. The van der Waals surface area contributed by atoms with Crippen molar-refractivity contribution in [2.24, 2.45) is 11.8 Å². The van der Waals surface area contributed by atoms with E-state index in [4.69, 9.17) is 11.6 Å². The molecule has 3 amide bonds. The first-order chi connectivity index (χ1) is 15.5. The zero-order valence-electron chi connectivity index (χ0n) is 17.9. The van der Waals surface area contributed by atoms with E-state index >= 15 is 0 Å². The number of rotatable bonds is 3. The molecular weight excluding hydrogens is 426 g/mol. The molecule has 166 valence electrons. The van der Waals surface area contributed by atoms with E-state index < -0.39 is 0 Å². The number of para-hydroxylation sites is 1. The number of carbonyl (C=O) groups is 3. The SMILES string of the molecule is O=C(c1ccc(N2C(=O)C3CCCCC3C2=O)cc1)N1CCN(c2ccccc2Cl)CC1. The highest BCUT2D eigenvalue weighted by Crippen LogP contribution is 2.40. The van der Waals surface area contributed by atoms with Crippen LogP contribution in [0, 0.1) is 11.8 Å². The van der Waals surface area contributed by atoms with Gasteiger partial charge in [0.2, 0.25) is 11.8 Å². The average molecular weight is 452 g/mol. The van der Waals surface area contributed by atoms with Crippen molar-refractivity contribution in [1.82, 2.24) is 4.90 Å². The summed E-state index contributed by atoms with van der Waals surface area (Å²) in [5.74, 6) is -0.564. The Morgan fingerprint density at radius 3 is 2.00 bits per heavy atom. The summed E-state index contributed by atoms with van der Waals surface area (Å²) in [4.78, 5) is 44.0. The van der Waals surface area contributed by atoms with Crippen LogP contribution in [0.15, 0.2) is 48.5 Å². The lowest BCUT2D eigenvalue weighted by atomic mass is 9.81. The van der Waals surface area contributed by atoms with Crippen molar-refractivity contribution >= 4 is 40.7 Å². The summed E-state index contributed by atoms with van der Waals surface area (Å²) in [6.45, 7) is 2.65. The zero-order chi connectivity index (χ0) is 22.2. The fourth-order valence-corrected chi connectivity index (χ4v) is 5.47. The minimum Gasteiger partial charge on any atom is -0.367 e. The van der Waals surface area contributed by atoms with Gasteiger partial charge in [0, 0.05) is 31.7 Å². The molecule has 1 saturated carbocycles.